The summed E-state index contributed by atoms with van der Waals surface area (Å²) < 4.78 is 60.5. The highest BCUT2D eigenvalue weighted by Gasteiger charge is 2.26. The van der Waals surface area contributed by atoms with Gasteiger partial charge in [-0.15, -0.1) is 0 Å². The Hall–Kier alpha value is -3.30. The normalized spacial score (nSPS) is 11.5. The van der Waals surface area contributed by atoms with Gasteiger partial charge in [0.1, 0.15) is 17.4 Å². The second-order valence-corrected chi connectivity index (χ2v) is 8.62. The summed E-state index contributed by atoms with van der Waals surface area (Å²) in [5, 5.41) is 9.03. The number of aromatic carboxylic acids is 1. The monoisotopic (exact) mass is 447 g/mol. The van der Waals surface area contributed by atoms with E-state index in [4.69, 9.17) is 9.84 Å². The zero-order valence-corrected chi connectivity index (χ0v) is 17.3. The van der Waals surface area contributed by atoms with Gasteiger partial charge in [0.25, 0.3) is 0 Å². The van der Waals surface area contributed by atoms with Crippen molar-refractivity contribution in [3.05, 3.63) is 95.1 Å². The number of sulfonamides is 1. The van der Waals surface area contributed by atoms with E-state index in [9.17, 15) is 22.0 Å². The number of carboxylic acids is 1. The maximum Gasteiger partial charge on any atom is 0.335 e. The van der Waals surface area contributed by atoms with Crippen LogP contribution < -0.4 is 4.74 Å². The molecule has 0 spiro atoms. The van der Waals surface area contributed by atoms with Gasteiger partial charge < -0.3 is 9.84 Å². The predicted molar refractivity (Wildman–Crippen MR) is 109 cm³/mol. The molecule has 0 aromatic heterocycles. The fraction of sp³-hybridized carbons (Fsp3) is 0.136. The Morgan fingerprint density at radius 1 is 0.968 bits per heavy atom. The van der Waals surface area contributed by atoms with Crippen LogP contribution in [0, 0.1) is 11.6 Å². The van der Waals surface area contributed by atoms with E-state index in [1.807, 2.05) is 0 Å². The molecule has 0 aliphatic rings. The number of ether oxygens (including phenoxy) is 1. The van der Waals surface area contributed by atoms with Gasteiger partial charge >= 0.3 is 5.97 Å². The Kier molecular flexibility index (Phi) is 6.67. The highest BCUT2D eigenvalue weighted by Crippen LogP contribution is 2.24. The number of carbonyl (C=O) groups is 1. The molecule has 0 aliphatic heterocycles. The summed E-state index contributed by atoms with van der Waals surface area (Å²) >= 11 is 0. The molecule has 3 aromatic carbocycles. The van der Waals surface area contributed by atoms with E-state index >= 15 is 0 Å². The van der Waals surface area contributed by atoms with Crippen molar-refractivity contribution in [2.45, 2.75) is 18.0 Å². The Bertz CT molecular complexity index is 1180. The highest BCUT2D eigenvalue weighted by molar-refractivity contribution is 7.89. The first kappa shape index (κ1) is 22.4. The van der Waals surface area contributed by atoms with Gasteiger partial charge in [0.2, 0.25) is 10.0 Å². The van der Waals surface area contributed by atoms with E-state index in [0.717, 1.165) is 22.5 Å². The topological polar surface area (TPSA) is 83.9 Å². The van der Waals surface area contributed by atoms with Crippen molar-refractivity contribution in [1.29, 1.82) is 0 Å². The number of nitrogens with zero attached hydrogens (tertiary/aromatic N) is 1. The van der Waals surface area contributed by atoms with Crippen LogP contribution in [0.15, 0.2) is 71.6 Å². The zero-order chi connectivity index (χ0) is 22.6. The van der Waals surface area contributed by atoms with Crippen LogP contribution in [0.5, 0.6) is 5.75 Å². The molecule has 0 aliphatic carbocycles. The molecule has 162 valence electrons. The quantitative estimate of drug-likeness (QED) is 0.563. The van der Waals surface area contributed by atoms with E-state index < -0.39 is 34.2 Å². The summed E-state index contributed by atoms with van der Waals surface area (Å²) in [5.74, 6) is -2.04. The van der Waals surface area contributed by atoms with Crippen LogP contribution in [0.2, 0.25) is 0 Å². The van der Waals surface area contributed by atoms with Crippen molar-refractivity contribution in [3.63, 3.8) is 0 Å². The molecule has 0 saturated heterocycles. The first-order valence-corrected chi connectivity index (χ1v) is 10.5. The summed E-state index contributed by atoms with van der Waals surface area (Å²) in [7, 11) is -2.67. The molecule has 0 radical (unpaired) electrons. The summed E-state index contributed by atoms with van der Waals surface area (Å²) in [6, 6.07) is 14.1. The summed E-state index contributed by atoms with van der Waals surface area (Å²) in [6.45, 7) is -0.540. The summed E-state index contributed by atoms with van der Waals surface area (Å²) in [6.07, 6.45) is 0. The predicted octanol–water partition coefficient (Wildman–Crippen LogP) is 4.06. The molecule has 0 fully saturated rings. The minimum Gasteiger partial charge on any atom is -0.497 e. The van der Waals surface area contributed by atoms with E-state index in [1.165, 1.54) is 31.4 Å². The van der Waals surface area contributed by atoms with E-state index in [1.54, 1.807) is 24.3 Å². The van der Waals surface area contributed by atoms with Gasteiger partial charge in [0.15, 0.2) is 0 Å². The Morgan fingerprint density at radius 2 is 1.61 bits per heavy atom. The van der Waals surface area contributed by atoms with Crippen molar-refractivity contribution in [2.75, 3.05) is 7.11 Å². The van der Waals surface area contributed by atoms with Gasteiger partial charge in [-0.2, -0.15) is 4.31 Å². The average Bonchev–Trinajstić information content (AvgIpc) is 2.76. The summed E-state index contributed by atoms with van der Waals surface area (Å²) in [5.41, 5.74) is 0.402. The lowest BCUT2D eigenvalue weighted by molar-refractivity contribution is 0.0696. The second-order valence-electron chi connectivity index (χ2n) is 6.69. The molecule has 3 aromatic rings. The maximum absolute atomic E-state index is 14.2. The Morgan fingerprint density at radius 3 is 2.19 bits per heavy atom. The van der Waals surface area contributed by atoms with Crippen LogP contribution in [0.4, 0.5) is 8.78 Å². The number of carboxylic acid groups (broad SMARTS) is 1. The highest BCUT2D eigenvalue weighted by atomic mass is 32.2. The molecule has 9 heteroatoms. The van der Waals surface area contributed by atoms with Crippen molar-refractivity contribution < 1.29 is 31.8 Å². The van der Waals surface area contributed by atoms with E-state index in [-0.39, 0.29) is 22.6 Å². The molecule has 31 heavy (non-hydrogen) atoms. The molecule has 3 rings (SSSR count). The first-order chi connectivity index (χ1) is 14.7. The fourth-order valence-corrected chi connectivity index (χ4v) is 4.34. The molecule has 0 saturated carbocycles. The number of hydrogen-bond acceptors (Lipinski definition) is 4. The second kappa shape index (κ2) is 9.23. The molecular weight excluding hydrogens is 428 g/mol. The van der Waals surface area contributed by atoms with Crippen LogP contribution >= 0.6 is 0 Å². The minimum absolute atomic E-state index is 0.0724. The standard InChI is InChI=1S/C22H19F2NO5S/c1-30-19-7-2-15(3-8-19)13-25(14-17-12-18(23)6-11-21(17)24)31(28,29)20-9-4-16(5-10-20)22(26)27/h2-12H,13-14H2,1H3,(H,26,27). The SMILES string of the molecule is COc1ccc(CN(Cc2cc(F)ccc2F)S(=O)(=O)c2ccc(C(=O)O)cc2)cc1. The van der Waals surface area contributed by atoms with E-state index in [2.05, 4.69) is 0 Å². The largest absolute Gasteiger partial charge is 0.497 e. The maximum atomic E-state index is 14.2. The smallest absolute Gasteiger partial charge is 0.335 e. The lowest BCUT2D eigenvalue weighted by Gasteiger charge is -2.23. The van der Waals surface area contributed by atoms with Crippen LogP contribution in [0.1, 0.15) is 21.5 Å². The lowest BCUT2D eigenvalue weighted by atomic mass is 10.2. The minimum atomic E-state index is -4.17. The van der Waals surface area contributed by atoms with Gasteiger partial charge in [-0.1, -0.05) is 12.1 Å². The van der Waals surface area contributed by atoms with Gasteiger partial charge in [-0.05, 0) is 60.2 Å². The number of halogens is 2. The third-order valence-corrected chi connectivity index (χ3v) is 6.42. The van der Waals surface area contributed by atoms with Crippen LogP contribution in [-0.4, -0.2) is 30.9 Å². The van der Waals surface area contributed by atoms with E-state index in [0.29, 0.717) is 11.3 Å². The molecule has 6 nitrogen and oxygen atoms in total. The van der Waals surface area contributed by atoms with Gasteiger partial charge in [0, 0.05) is 18.7 Å². The third-order valence-electron chi connectivity index (χ3n) is 4.61. The summed E-state index contributed by atoms with van der Waals surface area (Å²) in [4.78, 5) is 10.9. The Labute approximate surface area is 178 Å². The Balaban J connectivity index is 2.00. The van der Waals surface area contributed by atoms with Crippen molar-refractivity contribution in [1.82, 2.24) is 4.31 Å². The van der Waals surface area contributed by atoms with Gasteiger partial charge in [0.05, 0.1) is 17.6 Å². The molecule has 0 heterocycles. The molecule has 0 amide bonds. The fourth-order valence-electron chi connectivity index (χ4n) is 2.93. The van der Waals surface area contributed by atoms with Crippen molar-refractivity contribution in [2.24, 2.45) is 0 Å². The molecular formula is C22H19F2NO5S. The average molecular weight is 447 g/mol. The zero-order valence-electron chi connectivity index (χ0n) is 16.5. The number of hydrogen-bond donors (Lipinski definition) is 1. The van der Waals surface area contributed by atoms with Crippen LogP contribution in [0.25, 0.3) is 0 Å². The van der Waals surface area contributed by atoms with Crippen molar-refractivity contribution in [3.8, 4) is 5.75 Å². The lowest BCUT2D eigenvalue weighted by Crippen LogP contribution is -2.30. The van der Waals surface area contributed by atoms with Crippen LogP contribution in [-0.2, 0) is 23.1 Å². The molecule has 1 N–H and O–H groups in total. The van der Waals surface area contributed by atoms with Gasteiger partial charge in [-0.25, -0.2) is 22.0 Å². The van der Waals surface area contributed by atoms with Crippen LogP contribution in [0.3, 0.4) is 0 Å². The first-order valence-electron chi connectivity index (χ1n) is 9.11. The molecule has 0 atom stereocenters. The number of benzene rings is 3. The third kappa shape index (κ3) is 5.25. The number of methoxy groups -OCH3 is 1. The van der Waals surface area contributed by atoms with Gasteiger partial charge in [-0.3, -0.25) is 0 Å². The molecule has 0 unspecified atom stereocenters. The number of rotatable bonds is 8. The van der Waals surface area contributed by atoms with Crippen molar-refractivity contribution >= 4 is 16.0 Å². The molecule has 0 bridgehead atoms.